The minimum Gasteiger partial charge on any atom is -0.489 e. The third kappa shape index (κ3) is 1.97. The molecule has 1 spiro atoms. The highest BCUT2D eigenvalue weighted by molar-refractivity contribution is 9.10. The zero-order chi connectivity index (χ0) is 14.7. The van der Waals surface area contributed by atoms with Crippen molar-refractivity contribution in [1.82, 2.24) is 0 Å². The molecule has 1 heterocycles. The van der Waals surface area contributed by atoms with E-state index in [0.717, 1.165) is 29.3 Å². The van der Waals surface area contributed by atoms with Crippen LogP contribution in [0.2, 0.25) is 0 Å². The maximum Gasteiger partial charge on any atom is 0.314 e. The standard InChI is InChI=1S/C16H17BrO4/c17-11-7-13-12(20-8-15(4-5-15)9-21-13)6-10(11)16(14(18)19)2-1-3-16/h6-7H,1-5,8-9H2,(H,18,19). The first-order valence-corrected chi connectivity index (χ1v) is 8.17. The van der Waals surface area contributed by atoms with Crippen LogP contribution in [-0.4, -0.2) is 24.3 Å². The SMILES string of the molecule is O=C(O)C1(c2cc3c(cc2Br)OCC2(CC2)CO3)CCC1. The largest absolute Gasteiger partial charge is 0.489 e. The Morgan fingerprint density at radius 3 is 2.19 bits per heavy atom. The molecule has 0 atom stereocenters. The van der Waals surface area contributed by atoms with Gasteiger partial charge in [-0.05, 0) is 43.4 Å². The van der Waals surface area contributed by atoms with Crippen molar-refractivity contribution in [3.63, 3.8) is 0 Å². The summed E-state index contributed by atoms with van der Waals surface area (Å²) < 4.78 is 12.6. The predicted molar refractivity (Wildman–Crippen MR) is 80.0 cm³/mol. The second kappa shape index (κ2) is 4.38. The van der Waals surface area contributed by atoms with Gasteiger partial charge in [0, 0.05) is 9.89 Å². The molecule has 2 saturated carbocycles. The van der Waals surface area contributed by atoms with Crippen molar-refractivity contribution in [2.75, 3.05) is 13.2 Å². The van der Waals surface area contributed by atoms with E-state index in [-0.39, 0.29) is 5.41 Å². The summed E-state index contributed by atoms with van der Waals surface area (Å²) in [6.07, 6.45) is 4.62. The number of rotatable bonds is 2. The molecule has 1 aromatic rings. The molecule has 21 heavy (non-hydrogen) atoms. The molecule has 1 aliphatic heterocycles. The molecular formula is C16H17BrO4. The van der Waals surface area contributed by atoms with Gasteiger partial charge in [0.25, 0.3) is 0 Å². The van der Waals surface area contributed by atoms with Crippen molar-refractivity contribution < 1.29 is 19.4 Å². The summed E-state index contributed by atoms with van der Waals surface area (Å²) in [4.78, 5) is 11.7. The monoisotopic (exact) mass is 352 g/mol. The number of benzene rings is 1. The van der Waals surface area contributed by atoms with Crippen LogP contribution in [0.3, 0.4) is 0 Å². The Bertz CT molecular complexity index is 617. The maximum absolute atomic E-state index is 11.7. The lowest BCUT2D eigenvalue weighted by Crippen LogP contribution is -2.42. The van der Waals surface area contributed by atoms with Crippen molar-refractivity contribution in [2.24, 2.45) is 5.41 Å². The summed E-state index contributed by atoms with van der Waals surface area (Å²) in [6.45, 7) is 1.36. The zero-order valence-corrected chi connectivity index (χ0v) is 13.2. The average molecular weight is 353 g/mol. The molecular weight excluding hydrogens is 336 g/mol. The average Bonchev–Trinajstić information content (AvgIpc) is 3.17. The highest BCUT2D eigenvalue weighted by atomic mass is 79.9. The Morgan fingerprint density at radius 2 is 1.71 bits per heavy atom. The van der Waals surface area contributed by atoms with Crippen molar-refractivity contribution in [3.05, 3.63) is 22.2 Å². The Hall–Kier alpha value is -1.23. The second-order valence-electron chi connectivity index (χ2n) is 6.60. The quantitative estimate of drug-likeness (QED) is 0.884. The van der Waals surface area contributed by atoms with Gasteiger partial charge in [0.15, 0.2) is 11.5 Å². The summed E-state index contributed by atoms with van der Waals surface area (Å²) in [6, 6.07) is 3.74. The van der Waals surface area contributed by atoms with Gasteiger partial charge >= 0.3 is 5.97 Å². The lowest BCUT2D eigenvalue weighted by molar-refractivity contribution is -0.147. The lowest BCUT2D eigenvalue weighted by Gasteiger charge is -2.39. The van der Waals surface area contributed by atoms with E-state index in [1.165, 1.54) is 0 Å². The molecule has 0 aromatic heterocycles. The van der Waals surface area contributed by atoms with Gasteiger partial charge in [0.05, 0.1) is 18.6 Å². The molecule has 4 nitrogen and oxygen atoms in total. The molecule has 1 aromatic carbocycles. The number of carboxylic acid groups (broad SMARTS) is 1. The van der Waals surface area contributed by atoms with Gasteiger partial charge in [-0.1, -0.05) is 22.4 Å². The Morgan fingerprint density at radius 1 is 1.10 bits per heavy atom. The molecule has 0 amide bonds. The van der Waals surface area contributed by atoms with E-state index < -0.39 is 11.4 Å². The maximum atomic E-state index is 11.7. The van der Waals surface area contributed by atoms with E-state index in [4.69, 9.17) is 9.47 Å². The Balaban J connectivity index is 1.74. The molecule has 4 rings (SSSR count). The fourth-order valence-electron chi connectivity index (χ4n) is 3.23. The van der Waals surface area contributed by atoms with E-state index in [1.54, 1.807) is 0 Å². The second-order valence-corrected chi connectivity index (χ2v) is 7.45. The van der Waals surface area contributed by atoms with Crippen LogP contribution < -0.4 is 9.47 Å². The molecule has 0 saturated heterocycles. The van der Waals surface area contributed by atoms with Crippen LogP contribution in [0.4, 0.5) is 0 Å². The summed E-state index contributed by atoms with van der Waals surface area (Å²) in [5, 5.41) is 9.62. The number of hydrogen-bond donors (Lipinski definition) is 1. The van der Waals surface area contributed by atoms with Crippen LogP contribution in [-0.2, 0) is 10.2 Å². The van der Waals surface area contributed by atoms with E-state index in [1.807, 2.05) is 12.1 Å². The molecule has 0 unspecified atom stereocenters. The number of aliphatic carboxylic acids is 1. The molecule has 5 heteroatoms. The fourth-order valence-corrected chi connectivity index (χ4v) is 3.93. The molecule has 2 fully saturated rings. The van der Waals surface area contributed by atoms with Gasteiger partial charge in [-0.25, -0.2) is 0 Å². The minimum absolute atomic E-state index is 0.187. The Kier molecular flexibility index (Phi) is 2.80. The topological polar surface area (TPSA) is 55.8 Å². The molecule has 3 aliphatic rings. The van der Waals surface area contributed by atoms with Crippen LogP contribution in [0.15, 0.2) is 16.6 Å². The molecule has 1 N–H and O–H groups in total. The molecule has 2 aliphatic carbocycles. The van der Waals surface area contributed by atoms with Gasteiger partial charge in [-0.3, -0.25) is 4.79 Å². The third-order valence-electron chi connectivity index (χ3n) is 5.19. The van der Waals surface area contributed by atoms with Crippen LogP contribution in [0.25, 0.3) is 0 Å². The number of fused-ring (bicyclic) bond motifs is 1. The minimum atomic E-state index is -0.763. The van der Waals surface area contributed by atoms with Crippen LogP contribution >= 0.6 is 15.9 Å². The highest BCUT2D eigenvalue weighted by Gasteiger charge is 2.49. The number of ether oxygens (including phenoxy) is 2. The zero-order valence-electron chi connectivity index (χ0n) is 11.7. The highest BCUT2D eigenvalue weighted by Crippen LogP contribution is 2.52. The van der Waals surface area contributed by atoms with Crippen molar-refractivity contribution in [2.45, 2.75) is 37.5 Å². The first kappa shape index (κ1) is 13.4. The molecule has 112 valence electrons. The van der Waals surface area contributed by atoms with Gasteiger partial charge in [0.1, 0.15) is 0 Å². The summed E-state index contributed by atoms with van der Waals surface area (Å²) in [5.74, 6) is 0.654. The Labute approximate surface area is 131 Å². The first-order chi connectivity index (χ1) is 10.0. The van der Waals surface area contributed by atoms with Crippen molar-refractivity contribution in [3.8, 4) is 11.5 Å². The fraction of sp³-hybridized carbons (Fsp3) is 0.562. The third-order valence-corrected chi connectivity index (χ3v) is 5.85. The van der Waals surface area contributed by atoms with Gasteiger partial charge in [0.2, 0.25) is 0 Å². The summed E-state index contributed by atoms with van der Waals surface area (Å²) in [7, 11) is 0. The predicted octanol–water partition coefficient (Wildman–Crippen LogP) is 3.51. The van der Waals surface area contributed by atoms with Gasteiger partial charge in [-0.15, -0.1) is 0 Å². The number of carboxylic acids is 1. The van der Waals surface area contributed by atoms with Gasteiger partial charge in [-0.2, -0.15) is 0 Å². The van der Waals surface area contributed by atoms with E-state index in [0.29, 0.717) is 37.6 Å². The number of carbonyl (C=O) groups is 1. The van der Waals surface area contributed by atoms with Crippen molar-refractivity contribution in [1.29, 1.82) is 0 Å². The number of hydrogen-bond acceptors (Lipinski definition) is 3. The normalized spacial score (nSPS) is 24.0. The van der Waals surface area contributed by atoms with Gasteiger partial charge < -0.3 is 14.6 Å². The summed E-state index contributed by atoms with van der Waals surface area (Å²) in [5.41, 5.74) is 0.239. The first-order valence-electron chi connectivity index (χ1n) is 7.38. The smallest absolute Gasteiger partial charge is 0.314 e. The summed E-state index contributed by atoms with van der Waals surface area (Å²) >= 11 is 3.52. The van der Waals surface area contributed by atoms with E-state index >= 15 is 0 Å². The molecule has 0 bridgehead atoms. The van der Waals surface area contributed by atoms with Crippen LogP contribution in [0, 0.1) is 5.41 Å². The molecule has 0 radical (unpaired) electrons. The van der Waals surface area contributed by atoms with Crippen LogP contribution in [0.1, 0.15) is 37.7 Å². The van der Waals surface area contributed by atoms with Crippen molar-refractivity contribution >= 4 is 21.9 Å². The van der Waals surface area contributed by atoms with E-state index in [2.05, 4.69) is 15.9 Å². The van der Waals surface area contributed by atoms with E-state index in [9.17, 15) is 9.90 Å². The lowest BCUT2D eigenvalue weighted by atomic mass is 9.64. The number of halogens is 1. The van der Waals surface area contributed by atoms with Crippen LogP contribution in [0.5, 0.6) is 11.5 Å².